The van der Waals surface area contributed by atoms with Gasteiger partial charge in [-0.1, -0.05) is 24.3 Å². The van der Waals surface area contributed by atoms with E-state index in [-0.39, 0.29) is 0 Å². The average Bonchev–Trinajstić information content (AvgIpc) is 2.87. The monoisotopic (exact) mass is 240 g/mol. The number of nitrogens with zero attached hydrogens (tertiary/aromatic N) is 4. The van der Waals surface area contributed by atoms with Gasteiger partial charge < -0.3 is 0 Å². The van der Waals surface area contributed by atoms with Crippen molar-refractivity contribution >= 4 is 0 Å². The summed E-state index contributed by atoms with van der Waals surface area (Å²) in [6, 6.07) is 10.2. The van der Waals surface area contributed by atoms with E-state index in [4.69, 9.17) is 5.26 Å². The minimum atomic E-state index is -0.461. The van der Waals surface area contributed by atoms with Crippen molar-refractivity contribution in [2.45, 2.75) is 32.7 Å². The van der Waals surface area contributed by atoms with Crippen LogP contribution < -0.4 is 0 Å². The van der Waals surface area contributed by atoms with Crippen molar-refractivity contribution < 1.29 is 0 Å². The Balaban J connectivity index is 2.37. The quantitative estimate of drug-likeness (QED) is 0.829. The highest BCUT2D eigenvalue weighted by Crippen LogP contribution is 2.25. The number of nitriles is 1. The van der Waals surface area contributed by atoms with Gasteiger partial charge in [-0.25, -0.2) is 9.67 Å². The predicted molar refractivity (Wildman–Crippen MR) is 69.8 cm³/mol. The summed E-state index contributed by atoms with van der Waals surface area (Å²) in [5, 5.41) is 13.3. The highest BCUT2D eigenvalue weighted by molar-refractivity contribution is 5.56. The third kappa shape index (κ3) is 2.12. The Labute approximate surface area is 107 Å². The lowest BCUT2D eigenvalue weighted by molar-refractivity contribution is 0.665. The van der Waals surface area contributed by atoms with Gasteiger partial charge in [-0.3, -0.25) is 0 Å². The van der Waals surface area contributed by atoms with Gasteiger partial charge in [0.25, 0.3) is 0 Å². The van der Waals surface area contributed by atoms with Gasteiger partial charge in [-0.2, -0.15) is 10.4 Å². The van der Waals surface area contributed by atoms with Crippen molar-refractivity contribution in [1.29, 1.82) is 5.26 Å². The van der Waals surface area contributed by atoms with Gasteiger partial charge in [-0.15, -0.1) is 0 Å². The summed E-state index contributed by atoms with van der Waals surface area (Å²) in [6.45, 7) is 6.65. The Kier molecular flexibility index (Phi) is 3.15. The van der Waals surface area contributed by atoms with Gasteiger partial charge in [0.2, 0.25) is 0 Å². The van der Waals surface area contributed by atoms with Crippen LogP contribution in [0.15, 0.2) is 30.6 Å². The minimum Gasteiger partial charge on any atom is -0.246 e. The summed E-state index contributed by atoms with van der Waals surface area (Å²) in [5.74, 6) is 0.860. The van der Waals surface area contributed by atoms with Gasteiger partial charge in [0.1, 0.15) is 6.33 Å². The molecular weight excluding hydrogens is 224 g/mol. The third-order valence-corrected chi connectivity index (χ3v) is 3.06. The van der Waals surface area contributed by atoms with Crippen molar-refractivity contribution in [1.82, 2.24) is 14.8 Å². The topological polar surface area (TPSA) is 54.5 Å². The molecule has 2 rings (SSSR count). The molecule has 1 aromatic carbocycles. The van der Waals surface area contributed by atoms with Crippen molar-refractivity contribution in [3.63, 3.8) is 0 Å². The summed E-state index contributed by atoms with van der Waals surface area (Å²) in [4.78, 5) is 4.26. The van der Waals surface area contributed by atoms with Crippen LogP contribution in [0.1, 0.15) is 26.3 Å². The molecule has 0 radical (unpaired) electrons. The van der Waals surface area contributed by atoms with E-state index in [1.807, 2.05) is 49.7 Å². The molecule has 0 fully saturated rings. The Morgan fingerprint density at radius 3 is 2.50 bits per heavy atom. The molecule has 92 valence electrons. The van der Waals surface area contributed by atoms with E-state index in [0.717, 1.165) is 23.5 Å². The molecule has 2 aromatic rings. The number of aromatic nitrogens is 3. The number of hydrogen-bond acceptors (Lipinski definition) is 3. The van der Waals surface area contributed by atoms with Gasteiger partial charge in [0, 0.05) is 12.1 Å². The Bertz CT molecular complexity index is 573. The molecule has 0 saturated carbocycles. The molecule has 0 atom stereocenters. The van der Waals surface area contributed by atoms with Gasteiger partial charge >= 0.3 is 0 Å². The molecule has 0 N–H and O–H groups in total. The maximum Gasteiger partial charge on any atom is 0.158 e. The van der Waals surface area contributed by atoms with Crippen LogP contribution in [-0.4, -0.2) is 14.8 Å². The van der Waals surface area contributed by atoms with E-state index in [9.17, 15) is 0 Å². The molecule has 0 amide bonds. The first kappa shape index (κ1) is 12.3. The van der Waals surface area contributed by atoms with E-state index in [0.29, 0.717) is 0 Å². The number of benzene rings is 1. The fraction of sp³-hybridized carbons (Fsp3) is 0.357. The Morgan fingerprint density at radius 1 is 1.28 bits per heavy atom. The van der Waals surface area contributed by atoms with Crippen molar-refractivity contribution in [3.8, 4) is 17.5 Å². The second kappa shape index (κ2) is 4.61. The number of rotatable bonds is 3. The van der Waals surface area contributed by atoms with Crippen LogP contribution in [0.2, 0.25) is 0 Å². The molecule has 0 spiro atoms. The first-order valence-electron chi connectivity index (χ1n) is 5.98. The lowest BCUT2D eigenvalue weighted by Crippen LogP contribution is -2.13. The normalized spacial score (nSPS) is 11.2. The standard InChI is InChI=1S/C14H16N4/c1-4-18-13(16-10-17-18)11-5-7-12(8-6-11)14(2,3)9-15/h5-8,10H,4H2,1-3H3. The maximum atomic E-state index is 9.11. The number of aryl methyl sites for hydroxylation is 1. The third-order valence-electron chi connectivity index (χ3n) is 3.06. The van der Waals surface area contributed by atoms with Crippen molar-refractivity contribution in [2.24, 2.45) is 0 Å². The fourth-order valence-electron chi connectivity index (χ4n) is 1.82. The highest BCUT2D eigenvalue weighted by Gasteiger charge is 2.19. The summed E-state index contributed by atoms with van der Waals surface area (Å²) < 4.78 is 1.85. The average molecular weight is 240 g/mol. The van der Waals surface area contributed by atoms with E-state index in [1.54, 1.807) is 6.33 Å². The summed E-state index contributed by atoms with van der Waals surface area (Å²) in [5.41, 5.74) is 1.57. The minimum absolute atomic E-state index is 0.461. The van der Waals surface area contributed by atoms with Gasteiger partial charge in [-0.05, 0) is 26.3 Å². The summed E-state index contributed by atoms with van der Waals surface area (Å²) in [7, 11) is 0. The van der Waals surface area contributed by atoms with Gasteiger partial charge in [0.05, 0.1) is 11.5 Å². The zero-order chi connectivity index (χ0) is 13.2. The SMILES string of the molecule is CCn1ncnc1-c1ccc(C(C)(C)C#N)cc1. The molecule has 1 heterocycles. The second-order valence-corrected chi connectivity index (χ2v) is 4.71. The molecule has 0 saturated heterocycles. The second-order valence-electron chi connectivity index (χ2n) is 4.71. The lowest BCUT2D eigenvalue weighted by atomic mass is 9.86. The van der Waals surface area contributed by atoms with Crippen LogP contribution in [0.3, 0.4) is 0 Å². The molecule has 0 aliphatic heterocycles. The predicted octanol–water partition coefficient (Wildman–Crippen LogP) is 2.77. The fourth-order valence-corrected chi connectivity index (χ4v) is 1.82. The molecule has 1 aromatic heterocycles. The maximum absolute atomic E-state index is 9.11. The van der Waals surface area contributed by atoms with E-state index in [2.05, 4.69) is 16.2 Å². The Morgan fingerprint density at radius 2 is 1.94 bits per heavy atom. The molecule has 0 aliphatic rings. The highest BCUT2D eigenvalue weighted by atomic mass is 15.3. The zero-order valence-corrected chi connectivity index (χ0v) is 10.9. The molecule has 0 unspecified atom stereocenters. The molecule has 18 heavy (non-hydrogen) atoms. The number of hydrogen-bond donors (Lipinski definition) is 0. The van der Waals surface area contributed by atoms with E-state index in [1.165, 1.54) is 0 Å². The zero-order valence-electron chi connectivity index (χ0n) is 10.9. The van der Waals surface area contributed by atoms with Crippen LogP contribution in [0.5, 0.6) is 0 Å². The molecule has 0 bridgehead atoms. The van der Waals surface area contributed by atoms with Crippen molar-refractivity contribution in [2.75, 3.05) is 0 Å². The molecule has 4 nitrogen and oxygen atoms in total. The van der Waals surface area contributed by atoms with Crippen LogP contribution in [0, 0.1) is 11.3 Å². The van der Waals surface area contributed by atoms with Crippen LogP contribution >= 0.6 is 0 Å². The van der Waals surface area contributed by atoms with E-state index >= 15 is 0 Å². The van der Waals surface area contributed by atoms with Crippen LogP contribution in [0.25, 0.3) is 11.4 Å². The largest absolute Gasteiger partial charge is 0.246 e. The molecular formula is C14H16N4. The molecule has 0 aliphatic carbocycles. The smallest absolute Gasteiger partial charge is 0.158 e. The van der Waals surface area contributed by atoms with Crippen molar-refractivity contribution in [3.05, 3.63) is 36.2 Å². The first-order valence-corrected chi connectivity index (χ1v) is 5.98. The van der Waals surface area contributed by atoms with E-state index < -0.39 is 5.41 Å². The Hall–Kier alpha value is -2.15. The lowest BCUT2D eigenvalue weighted by Gasteiger charge is -2.15. The van der Waals surface area contributed by atoms with Crippen LogP contribution in [-0.2, 0) is 12.0 Å². The summed E-state index contributed by atoms with van der Waals surface area (Å²) >= 11 is 0. The first-order chi connectivity index (χ1) is 8.58. The summed E-state index contributed by atoms with van der Waals surface area (Å²) in [6.07, 6.45) is 1.56. The van der Waals surface area contributed by atoms with Crippen LogP contribution in [0.4, 0.5) is 0 Å². The molecule has 4 heteroatoms. The van der Waals surface area contributed by atoms with Gasteiger partial charge in [0.15, 0.2) is 5.82 Å².